The molecule has 2 aromatic carbocycles. The fourth-order valence-electron chi connectivity index (χ4n) is 4.24. The van der Waals surface area contributed by atoms with E-state index in [1.54, 1.807) is 12.1 Å². The van der Waals surface area contributed by atoms with Crippen LogP contribution in [0.5, 0.6) is 5.75 Å². The summed E-state index contributed by atoms with van der Waals surface area (Å²) in [6.45, 7) is 2.27. The van der Waals surface area contributed by atoms with E-state index in [4.69, 9.17) is 4.74 Å². The zero-order valence-corrected chi connectivity index (χ0v) is 15.3. The van der Waals surface area contributed by atoms with Crippen molar-refractivity contribution in [3.8, 4) is 16.9 Å². The van der Waals surface area contributed by atoms with Crippen molar-refractivity contribution in [2.45, 2.75) is 57.5 Å². The number of rotatable bonds is 5. The molecule has 2 atom stereocenters. The van der Waals surface area contributed by atoms with Crippen LogP contribution in [-0.4, -0.2) is 17.2 Å². The first-order chi connectivity index (χ1) is 12.6. The molecule has 0 aromatic heterocycles. The predicted octanol–water partition coefficient (Wildman–Crippen LogP) is 5.89. The van der Waals surface area contributed by atoms with E-state index >= 15 is 0 Å². The summed E-state index contributed by atoms with van der Waals surface area (Å²) in [6, 6.07) is 13.7. The smallest absolute Gasteiger partial charge is 0.335 e. The van der Waals surface area contributed by atoms with Gasteiger partial charge in [0.25, 0.3) is 0 Å². The molecule has 26 heavy (non-hydrogen) atoms. The van der Waals surface area contributed by atoms with Crippen LogP contribution in [0.2, 0.25) is 0 Å². The molecule has 0 amide bonds. The van der Waals surface area contributed by atoms with Crippen molar-refractivity contribution in [1.82, 2.24) is 0 Å². The van der Waals surface area contributed by atoms with E-state index in [0.717, 1.165) is 29.7 Å². The number of aromatic carboxylic acids is 1. The fraction of sp³-hybridized carbons (Fsp3) is 0.435. The van der Waals surface area contributed by atoms with Gasteiger partial charge in [-0.2, -0.15) is 0 Å². The van der Waals surface area contributed by atoms with Gasteiger partial charge in [-0.05, 0) is 73.3 Å². The maximum absolute atomic E-state index is 11.5. The van der Waals surface area contributed by atoms with Crippen molar-refractivity contribution >= 4 is 5.97 Å². The molecule has 3 nitrogen and oxygen atoms in total. The quantitative estimate of drug-likeness (QED) is 0.731. The van der Waals surface area contributed by atoms with Crippen molar-refractivity contribution in [2.24, 2.45) is 5.92 Å². The summed E-state index contributed by atoms with van der Waals surface area (Å²) in [7, 11) is 0. The molecule has 0 saturated heterocycles. The summed E-state index contributed by atoms with van der Waals surface area (Å²) in [6.07, 6.45) is 7.28. The number of hydrogen-bond donors (Lipinski definition) is 1. The van der Waals surface area contributed by atoms with Gasteiger partial charge >= 0.3 is 5.97 Å². The molecule has 136 valence electrons. The monoisotopic (exact) mass is 350 g/mol. The second-order valence-corrected chi connectivity index (χ2v) is 7.89. The molecule has 3 heteroatoms. The highest BCUT2D eigenvalue weighted by atomic mass is 16.5. The van der Waals surface area contributed by atoms with Crippen molar-refractivity contribution in [1.29, 1.82) is 0 Å². The Hall–Kier alpha value is -2.29. The lowest BCUT2D eigenvalue weighted by Crippen LogP contribution is -2.14. The standard InChI is InChI=1S/C23H26O3/c1-15-9-11-18(13-15)26-22-12-10-17(23(24)25)14-21(22)20-8-3-2-7-19(20)16-5-4-6-16/h2-3,7-8,10,12,14-16,18H,4-6,9,11,13H2,1H3,(H,24,25)/t15-,18-/m1/s1. The molecule has 2 aliphatic rings. The Kier molecular flexibility index (Phi) is 4.71. The Morgan fingerprint density at radius 1 is 1.04 bits per heavy atom. The molecule has 0 radical (unpaired) electrons. The predicted molar refractivity (Wildman–Crippen MR) is 103 cm³/mol. The number of carboxylic acids is 1. The molecular weight excluding hydrogens is 324 g/mol. The van der Waals surface area contributed by atoms with E-state index in [2.05, 4.69) is 25.1 Å². The third kappa shape index (κ3) is 3.35. The number of benzene rings is 2. The molecular formula is C23H26O3. The summed E-state index contributed by atoms with van der Waals surface area (Å²) < 4.78 is 6.36. The average molecular weight is 350 g/mol. The molecule has 0 bridgehead atoms. The Bertz CT molecular complexity index is 807. The van der Waals surface area contributed by atoms with E-state index in [-0.39, 0.29) is 6.10 Å². The highest BCUT2D eigenvalue weighted by Crippen LogP contribution is 2.44. The van der Waals surface area contributed by atoms with E-state index in [1.807, 2.05) is 12.1 Å². The summed E-state index contributed by atoms with van der Waals surface area (Å²) in [4.78, 5) is 11.5. The van der Waals surface area contributed by atoms with Crippen LogP contribution < -0.4 is 4.74 Å². The van der Waals surface area contributed by atoms with E-state index in [0.29, 0.717) is 17.4 Å². The first-order valence-electron chi connectivity index (χ1n) is 9.75. The second kappa shape index (κ2) is 7.14. The van der Waals surface area contributed by atoms with Crippen LogP contribution in [-0.2, 0) is 0 Å². The Morgan fingerprint density at radius 3 is 2.50 bits per heavy atom. The van der Waals surface area contributed by atoms with Crippen LogP contribution in [0, 0.1) is 5.92 Å². The minimum atomic E-state index is -0.895. The molecule has 4 rings (SSSR count). The minimum absolute atomic E-state index is 0.232. The van der Waals surface area contributed by atoms with Gasteiger partial charge in [0.15, 0.2) is 0 Å². The van der Waals surface area contributed by atoms with Gasteiger partial charge in [0.05, 0.1) is 11.7 Å². The van der Waals surface area contributed by atoms with Gasteiger partial charge < -0.3 is 9.84 Å². The summed E-state index contributed by atoms with van der Waals surface area (Å²) in [5.74, 6) is 1.21. The second-order valence-electron chi connectivity index (χ2n) is 7.89. The van der Waals surface area contributed by atoms with Crippen LogP contribution in [0.3, 0.4) is 0 Å². The van der Waals surface area contributed by atoms with Crippen LogP contribution in [0.15, 0.2) is 42.5 Å². The highest BCUT2D eigenvalue weighted by molar-refractivity contribution is 5.91. The van der Waals surface area contributed by atoms with Gasteiger partial charge in [-0.15, -0.1) is 0 Å². The van der Waals surface area contributed by atoms with E-state index in [9.17, 15) is 9.90 Å². The van der Waals surface area contributed by atoms with Crippen LogP contribution >= 0.6 is 0 Å². The van der Waals surface area contributed by atoms with Gasteiger partial charge in [-0.3, -0.25) is 0 Å². The van der Waals surface area contributed by atoms with Crippen LogP contribution in [0.1, 0.15) is 67.3 Å². The summed E-state index contributed by atoms with van der Waals surface area (Å²) in [5, 5.41) is 9.46. The topological polar surface area (TPSA) is 46.5 Å². The van der Waals surface area contributed by atoms with E-state index < -0.39 is 5.97 Å². The third-order valence-corrected chi connectivity index (χ3v) is 5.96. The molecule has 0 spiro atoms. The number of ether oxygens (including phenoxy) is 1. The lowest BCUT2D eigenvalue weighted by molar-refractivity contribution is 0.0697. The van der Waals surface area contributed by atoms with Gasteiger partial charge in [0.1, 0.15) is 5.75 Å². The fourth-order valence-corrected chi connectivity index (χ4v) is 4.24. The molecule has 1 N–H and O–H groups in total. The number of hydrogen-bond acceptors (Lipinski definition) is 2. The van der Waals surface area contributed by atoms with Gasteiger partial charge in [0.2, 0.25) is 0 Å². The summed E-state index contributed by atoms with van der Waals surface area (Å²) >= 11 is 0. The lowest BCUT2D eigenvalue weighted by Gasteiger charge is -2.28. The van der Waals surface area contributed by atoms with Gasteiger partial charge in [0, 0.05) is 5.56 Å². The normalized spacial score (nSPS) is 22.8. The molecule has 0 unspecified atom stereocenters. The maximum atomic E-state index is 11.5. The first-order valence-corrected chi connectivity index (χ1v) is 9.75. The third-order valence-electron chi connectivity index (χ3n) is 5.96. The SMILES string of the molecule is C[C@@H]1CC[C@@H](Oc2ccc(C(=O)O)cc2-c2ccccc2C2CCC2)C1. The molecule has 2 fully saturated rings. The van der Waals surface area contributed by atoms with Crippen LogP contribution in [0.25, 0.3) is 11.1 Å². The van der Waals surface area contributed by atoms with Crippen molar-refractivity contribution in [3.63, 3.8) is 0 Å². The molecule has 2 aliphatic carbocycles. The maximum Gasteiger partial charge on any atom is 0.335 e. The van der Waals surface area contributed by atoms with Crippen LogP contribution in [0.4, 0.5) is 0 Å². The molecule has 0 heterocycles. The average Bonchev–Trinajstić information content (AvgIpc) is 2.99. The zero-order chi connectivity index (χ0) is 18.1. The van der Waals surface area contributed by atoms with Crippen molar-refractivity contribution in [2.75, 3.05) is 0 Å². The first kappa shape index (κ1) is 17.1. The zero-order valence-electron chi connectivity index (χ0n) is 15.3. The lowest BCUT2D eigenvalue weighted by atomic mass is 9.77. The largest absolute Gasteiger partial charge is 0.490 e. The Labute approximate surface area is 155 Å². The van der Waals surface area contributed by atoms with Crippen molar-refractivity contribution in [3.05, 3.63) is 53.6 Å². The molecule has 2 aromatic rings. The number of carbonyl (C=O) groups is 1. The molecule has 2 saturated carbocycles. The van der Waals surface area contributed by atoms with E-state index in [1.165, 1.54) is 31.2 Å². The molecule has 0 aliphatic heterocycles. The van der Waals surface area contributed by atoms with Gasteiger partial charge in [-0.25, -0.2) is 4.79 Å². The van der Waals surface area contributed by atoms with Gasteiger partial charge in [-0.1, -0.05) is 37.6 Å². The Balaban J connectivity index is 1.75. The number of carboxylic acid groups (broad SMARTS) is 1. The highest BCUT2D eigenvalue weighted by Gasteiger charge is 2.26. The minimum Gasteiger partial charge on any atom is -0.490 e. The Morgan fingerprint density at radius 2 is 1.85 bits per heavy atom. The van der Waals surface area contributed by atoms with Crippen molar-refractivity contribution < 1.29 is 14.6 Å². The summed E-state index contributed by atoms with van der Waals surface area (Å²) in [5.41, 5.74) is 3.69.